The molecule has 0 aliphatic rings. The van der Waals surface area contributed by atoms with Gasteiger partial charge in [-0.3, -0.25) is 10.1 Å². The molecule has 0 fully saturated rings. The summed E-state index contributed by atoms with van der Waals surface area (Å²) in [5, 5.41) is 11.1. The summed E-state index contributed by atoms with van der Waals surface area (Å²) in [6, 6.07) is 5.06. The van der Waals surface area contributed by atoms with E-state index in [9.17, 15) is 36.5 Å². The van der Waals surface area contributed by atoms with Crippen LogP contribution in [0, 0.1) is 10.1 Å². The summed E-state index contributed by atoms with van der Waals surface area (Å²) in [6.07, 6.45) is -5.97. The highest BCUT2D eigenvalue weighted by atomic mass is 79.9. The molecule has 0 aliphatic carbocycles. The quantitative estimate of drug-likeness (QED) is 0.483. The van der Waals surface area contributed by atoms with Gasteiger partial charge in [0, 0.05) is 12.1 Å². The molecule has 9 nitrogen and oxygen atoms in total. The Labute approximate surface area is 169 Å². The smallest absolute Gasteiger partial charge is 0.420 e. The average Bonchev–Trinajstić information content (AvgIpc) is 2.61. The van der Waals surface area contributed by atoms with Crippen LogP contribution in [0.25, 0.3) is 0 Å². The summed E-state index contributed by atoms with van der Waals surface area (Å²) < 4.78 is 73.5. The second-order valence-electron chi connectivity index (χ2n) is 5.23. The first-order valence-corrected chi connectivity index (χ1v) is 9.56. The van der Waals surface area contributed by atoms with E-state index in [0.717, 1.165) is 43.5 Å². The largest absolute Gasteiger partial charge is 0.456 e. The Morgan fingerprint density at radius 2 is 1.86 bits per heavy atom. The Kier molecular flexibility index (Phi) is 6.37. The van der Waals surface area contributed by atoms with E-state index in [1.54, 1.807) is 0 Å². The van der Waals surface area contributed by atoms with Gasteiger partial charge in [-0.2, -0.15) is 13.2 Å². The maximum atomic E-state index is 12.7. The van der Waals surface area contributed by atoms with Gasteiger partial charge in [-0.25, -0.2) is 17.9 Å². The number of hydrogen-bond donors (Lipinski definition) is 1. The summed E-state index contributed by atoms with van der Waals surface area (Å²) in [4.78, 5) is 20.4. The number of nitrogens with one attached hydrogen (secondary N) is 1. The molecule has 156 valence electrons. The van der Waals surface area contributed by atoms with Gasteiger partial charge in [0.1, 0.15) is 11.5 Å². The molecule has 0 aliphatic heterocycles. The Morgan fingerprint density at radius 3 is 2.38 bits per heavy atom. The lowest BCUT2D eigenvalue weighted by atomic mass is 10.2. The highest BCUT2D eigenvalue weighted by molar-refractivity contribution is 9.10. The first-order chi connectivity index (χ1) is 13.3. The van der Waals surface area contributed by atoms with E-state index in [1.807, 2.05) is 0 Å². The topological polar surface area (TPSA) is 125 Å². The lowest BCUT2D eigenvalue weighted by Crippen LogP contribution is -2.30. The second-order valence-corrected chi connectivity index (χ2v) is 7.73. The van der Waals surface area contributed by atoms with Crippen LogP contribution in [0.5, 0.6) is 11.5 Å². The number of methoxy groups -OCH3 is 1. The first kappa shape index (κ1) is 22.4. The highest BCUT2D eigenvalue weighted by Crippen LogP contribution is 2.37. The number of ether oxygens (including phenoxy) is 2. The third-order valence-corrected chi connectivity index (χ3v) is 5.27. The summed E-state index contributed by atoms with van der Waals surface area (Å²) >= 11 is 2.91. The van der Waals surface area contributed by atoms with Crippen LogP contribution < -0.4 is 9.46 Å². The standard InChI is InChI=1S/C15H10BrF3N2O7S/c1-27-14(22)20-29(25,26)13-7-9(3-4-11(13)21(23)24)28-12-5-2-8(6-10(12)16)15(17,18)19/h2-7H,1H3,(H,20,22). The predicted molar refractivity (Wildman–Crippen MR) is 95.0 cm³/mol. The summed E-state index contributed by atoms with van der Waals surface area (Å²) in [5.41, 5.74) is -1.81. The number of nitro benzene ring substituents is 1. The van der Waals surface area contributed by atoms with Crippen LogP contribution in [0.1, 0.15) is 5.56 Å². The van der Waals surface area contributed by atoms with Crippen LogP contribution in [0.3, 0.4) is 0 Å². The van der Waals surface area contributed by atoms with Crippen LogP contribution in [0.15, 0.2) is 45.8 Å². The minimum atomic E-state index is -4.70. The molecule has 0 bridgehead atoms. The monoisotopic (exact) mass is 498 g/mol. The Balaban J connectivity index is 2.46. The van der Waals surface area contributed by atoms with Crippen LogP contribution in [0.4, 0.5) is 23.7 Å². The van der Waals surface area contributed by atoms with Crippen molar-refractivity contribution in [3.05, 3.63) is 56.5 Å². The number of carbonyl (C=O) groups excluding carboxylic acids is 1. The van der Waals surface area contributed by atoms with Gasteiger partial charge < -0.3 is 9.47 Å². The molecule has 0 saturated heterocycles. The molecule has 2 rings (SSSR count). The van der Waals surface area contributed by atoms with E-state index in [4.69, 9.17) is 4.74 Å². The lowest BCUT2D eigenvalue weighted by molar-refractivity contribution is -0.387. The fourth-order valence-corrected chi connectivity index (χ4v) is 3.58. The molecular formula is C15H10BrF3N2O7S. The molecule has 0 radical (unpaired) electrons. The SMILES string of the molecule is COC(=O)NS(=O)(=O)c1cc(Oc2ccc(C(F)(F)F)cc2Br)ccc1[N+](=O)[O-]. The van der Waals surface area contributed by atoms with Crippen molar-refractivity contribution >= 4 is 37.7 Å². The molecule has 14 heteroatoms. The molecule has 0 atom stereocenters. The Hall–Kier alpha value is -2.87. The average molecular weight is 499 g/mol. The molecule has 2 aromatic carbocycles. The van der Waals surface area contributed by atoms with Crippen molar-refractivity contribution in [1.29, 1.82) is 0 Å². The van der Waals surface area contributed by atoms with Gasteiger partial charge in [0.2, 0.25) is 0 Å². The number of benzene rings is 2. The number of hydrogen-bond acceptors (Lipinski definition) is 7. The van der Waals surface area contributed by atoms with Crippen LogP contribution in [0.2, 0.25) is 0 Å². The highest BCUT2D eigenvalue weighted by Gasteiger charge is 2.31. The second kappa shape index (κ2) is 8.24. The van der Waals surface area contributed by atoms with Crippen molar-refractivity contribution in [2.45, 2.75) is 11.1 Å². The molecule has 0 saturated carbocycles. The van der Waals surface area contributed by atoms with Gasteiger partial charge >= 0.3 is 12.3 Å². The third-order valence-electron chi connectivity index (χ3n) is 3.31. The van der Waals surface area contributed by atoms with Crippen LogP contribution in [-0.4, -0.2) is 26.5 Å². The zero-order valence-electron chi connectivity index (χ0n) is 14.2. The van der Waals surface area contributed by atoms with E-state index in [1.165, 1.54) is 4.72 Å². The van der Waals surface area contributed by atoms with Crippen molar-refractivity contribution in [3.8, 4) is 11.5 Å². The molecule has 0 spiro atoms. The van der Waals surface area contributed by atoms with Crippen molar-refractivity contribution in [3.63, 3.8) is 0 Å². The van der Waals surface area contributed by atoms with Crippen molar-refractivity contribution in [1.82, 2.24) is 4.72 Å². The minimum absolute atomic E-state index is 0.0947. The minimum Gasteiger partial charge on any atom is -0.456 e. The van der Waals surface area contributed by atoms with Crippen molar-refractivity contribution in [2.24, 2.45) is 0 Å². The zero-order chi connectivity index (χ0) is 22.0. The van der Waals surface area contributed by atoms with E-state index < -0.39 is 43.4 Å². The normalized spacial score (nSPS) is 11.6. The summed E-state index contributed by atoms with van der Waals surface area (Å²) in [7, 11) is -3.82. The molecule has 2 aromatic rings. The Morgan fingerprint density at radius 1 is 1.21 bits per heavy atom. The lowest BCUT2D eigenvalue weighted by Gasteiger charge is -2.12. The van der Waals surface area contributed by atoms with Gasteiger partial charge in [-0.05, 0) is 40.2 Å². The number of halogens is 4. The maximum absolute atomic E-state index is 12.7. The molecule has 1 N–H and O–H groups in total. The van der Waals surface area contributed by atoms with Gasteiger partial charge in [-0.15, -0.1) is 0 Å². The number of nitrogens with zero attached hydrogens (tertiary/aromatic N) is 1. The molecule has 0 aromatic heterocycles. The first-order valence-electron chi connectivity index (χ1n) is 7.29. The molecule has 0 heterocycles. The molecular weight excluding hydrogens is 489 g/mol. The molecule has 1 amide bonds. The van der Waals surface area contributed by atoms with Gasteiger partial charge in [-0.1, -0.05) is 0 Å². The number of alkyl halides is 3. The molecule has 0 unspecified atom stereocenters. The van der Waals surface area contributed by atoms with Crippen LogP contribution in [-0.2, 0) is 20.9 Å². The third kappa shape index (κ3) is 5.35. The van der Waals surface area contributed by atoms with Gasteiger partial charge in [0.15, 0.2) is 4.90 Å². The van der Waals surface area contributed by atoms with Gasteiger partial charge in [0.05, 0.1) is 22.1 Å². The number of carbonyl (C=O) groups is 1. The molecule has 29 heavy (non-hydrogen) atoms. The maximum Gasteiger partial charge on any atom is 0.420 e. The van der Waals surface area contributed by atoms with E-state index in [2.05, 4.69) is 20.7 Å². The van der Waals surface area contributed by atoms with Crippen LogP contribution >= 0.6 is 15.9 Å². The zero-order valence-corrected chi connectivity index (χ0v) is 16.6. The van der Waals surface area contributed by atoms with E-state index in [0.29, 0.717) is 0 Å². The number of nitro groups is 1. The fraction of sp³-hybridized carbons (Fsp3) is 0.133. The van der Waals surface area contributed by atoms with Gasteiger partial charge in [0.25, 0.3) is 15.7 Å². The van der Waals surface area contributed by atoms with Crippen molar-refractivity contribution < 1.29 is 40.8 Å². The summed E-state index contributed by atoms with van der Waals surface area (Å²) in [5.74, 6) is -0.363. The Bertz CT molecular complexity index is 1070. The van der Waals surface area contributed by atoms with Crippen molar-refractivity contribution in [2.75, 3.05) is 7.11 Å². The van der Waals surface area contributed by atoms with E-state index in [-0.39, 0.29) is 16.0 Å². The summed E-state index contributed by atoms with van der Waals surface area (Å²) in [6.45, 7) is 0. The van der Waals surface area contributed by atoms with E-state index >= 15 is 0 Å². The predicted octanol–water partition coefficient (Wildman–Crippen LogP) is 4.21. The fourth-order valence-electron chi connectivity index (χ4n) is 2.02. The number of sulfonamides is 1. The number of rotatable bonds is 5. The number of amides is 1.